The van der Waals surface area contributed by atoms with Crippen LogP contribution in [0.1, 0.15) is 19.8 Å². The van der Waals surface area contributed by atoms with E-state index in [4.69, 9.17) is 0 Å². The number of alkyl halides is 3. The number of piperidine rings is 1. The molecule has 1 aliphatic rings. The Morgan fingerprint density at radius 1 is 1.44 bits per heavy atom. The molecule has 1 fully saturated rings. The Morgan fingerprint density at radius 3 is 2.56 bits per heavy atom. The molecule has 0 aromatic carbocycles. The van der Waals surface area contributed by atoms with Crippen LogP contribution in [0.25, 0.3) is 0 Å². The van der Waals surface area contributed by atoms with Gasteiger partial charge in [0.1, 0.15) is 12.3 Å². The number of halogens is 3. The van der Waals surface area contributed by atoms with Gasteiger partial charge in [-0.05, 0) is 6.42 Å². The summed E-state index contributed by atoms with van der Waals surface area (Å²) in [6.45, 7) is 0.0173. The van der Waals surface area contributed by atoms with Crippen molar-refractivity contribution < 1.29 is 26.4 Å². The lowest BCUT2D eigenvalue weighted by atomic mass is 9.96. The van der Waals surface area contributed by atoms with Crippen LogP contribution in [0.15, 0.2) is 0 Å². The molecule has 0 bridgehead atoms. The summed E-state index contributed by atoms with van der Waals surface area (Å²) in [5, 5.41) is 0. The van der Waals surface area contributed by atoms with Gasteiger partial charge in [-0.15, -0.1) is 0 Å². The highest BCUT2D eigenvalue weighted by Gasteiger charge is 2.35. The summed E-state index contributed by atoms with van der Waals surface area (Å²) < 4.78 is 61.5. The van der Waals surface area contributed by atoms with Gasteiger partial charge in [-0.25, -0.2) is 0 Å². The second-order valence-corrected chi connectivity index (χ2v) is 5.88. The molecule has 5 nitrogen and oxygen atoms in total. The van der Waals surface area contributed by atoms with E-state index in [0.29, 0.717) is 6.42 Å². The lowest BCUT2D eigenvalue weighted by molar-refractivity contribution is -0.125. The summed E-state index contributed by atoms with van der Waals surface area (Å²) in [6, 6.07) is 0. The third-order valence-electron chi connectivity index (χ3n) is 2.77. The van der Waals surface area contributed by atoms with Gasteiger partial charge in [-0.3, -0.25) is 4.79 Å². The molecule has 1 aliphatic heterocycles. The van der Waals surface area contributed by atoms with Gasteiger partial charge in [0.2, 0.25) is 0 Å². The van der Waals surface area contributed by atoms with Crippen LogP contribution < -0.4 is 4.72 Å². The predicted octanol–water partition coefficient (Wildman–Crippen LogP) is 0.684. The Kier molecular flexibility index (Phi) is 4.73. The van der Waals surface area contributed by atoms with Gasteiger partial charge >= 0.3 is 6.18 Å². The molecular formula is C9H15F3N2O3S. The zero-order valence-corrected chi connectivity index (χ0v) is 10.6. The van der Waals surface area contributed by atoms with E-state index in [1.165, 1.54) is 4.72 Å². The van der Waals surface area contributed by atoms with Crippen molar-refractivity contribution in [3.8, 4) is 0 Å². The Hall–Kier alpha value is -0.670. The first kappa shape index (κ1) is 15.4. The fourth-order valence-electron chi connectivity index (χ4n) is 1.72. The van der Waals surface area contributed by atoms with Gasteiger partial charge in [0.15, 0.2) is 0 Å². The summed E-state index contributed by atoms with van der Waals surface area (Å²) >= 11 is 0. The van der Waals surface area contributed by atoms with E-state index in [0.717, 1.165) is 4.31 Å². The minimum Gasteiger partial charge on any atom is -0.299 e. The molecule has 0 aliphatic carbocycles. The van der Waals surface area contributed by atoms with Crippen molar-refractivity contribution >= 4 is 16.0 Å². The van der Waals surface area contributed by atoms with Crippen LogP contribution in [-0.2, 0) is 15.0 Å². The maximum atomic E-state index is 12.0. The van der Waals surface area contributed by atoms with Crippen molar-refractivity contribution in [1.29, 1.82) is 0 Å². The average Bonchev–Trinajstić information content (AvgIpc) is 2.26. The molecule has 1 atom stereocenters. The summed E-state index contributed by atoms with van der Waals surface area (Å²) in [5.74, 6) is -0.471. The Bertz CT molecular complexity index is 408. The SMILES string of the molecule is CCC1CN(S(=O)(=O)NCC(F)(F)F)CCC1=O. The molecule has 0 saturated carbocycles. The summed E-state index contributed by atoms with van der Waals surface area (Å²) in [6.07, 6.45) is -4.07. The largest absolute Gasteiger partial charge is 0.402 e. The molecule has 9 heteroatoms. The number of hydrogen-bond donors (Lipinski definition) is 1. The number of nitrogens with zero attached hydrogens (tertiary/aromatic N) is 1. The van der Waals surface area contributed by atoms with Crippen LogP contribution in [-0.4, -0.2) is 44.3 Å². The third-order valence-corrected chi connectivity index (χ3v) is 4.30. The Balaban J connectivity index is 2.66. The number of carbonyl (C=O) groups excluding carboxylic acids is 1. The average molecular weight is 288 g/mol. The van der Waals surface area contributed by atoms with Crippen molar-refractivity contribution in [1.82, 2.24) is 9.03 Å². The van der Waals surface area contributed by atoms with Crippen molar-refractivity contribution in [2.75, 3.05) is 19.6 Å². The molecule has 1 unspecified atom stereocenters. The molecule has 106 valence electrons. The third kappa shape index (κ3) is 4.21. The first-order valence-electron chi connectivity index (χ1n) is 5.50. The second kappa shape index (κ2) is 5.54. The minimum atomic E-state index is -4.59. The number of hydrogen-bond acceptors (Lipinski definition) is 3. The Labute approximate surface area is 104 Å². The molecule has 1 heterocycles. The first-order valence-corrected chi connectivity index (χ1v) is 6.94. The van der Waals surface area contributed by atoms with E-state index in [-0.39, 0.29) is 25.3 Å². The van der Waals surface area contributed by atoms with Crippen molar-refractivity contribution in [3.63, 3.8) is 0 Å². The summed E-state index contributed by atoms with van der Waals surface area (Å²) in [7, 11) is -4.17. The lowest BCUT2D eigenvalue weighted by Gasteiger charge is -2.30. The highest BCUT2D eigenvalue weighted by Crippen LogP contribution is 2.19. The molecule has 0 amide bonds. The molecular weight excluding hydrogens is 273 g/mol. The Morgan fingerprint density at radius 2 is 2.06 bits per heavy atom. The number of rotatable bonds is 4. The standard InChI is InChI=1S/C9H15F3N2O3S/c1-2-7-5-14(4-3-8(7)15)18(16,17)13-6-9(10,11)12/h7,13H,2-6H2,1H3. The normalized spacial score (nSPS) is 23.3. The van der Waals surface area contributed by atoms with Crippen LogP contribution in [0.4, 0.5) is 13.2 Å². The zero-order valence-electron chi connectivity index (χ0n) is 9.83. The summed E-state index contributed by atoms with van der Waals surface area (Å²) in [4.78, 5) is 11.4. The number of Topliss-reactive ketones (excluding diaryl/α,β-unsaturated/α-hetero) is 1. The van der Waals surface area contributed by atoms with Gasteiger partial charge < -0.3 is 0 Å². The number of carbonyl (C=O) groups is 1. The quantitative estimate of drug-likeness (QED) is 0.827. The highest BCUT2D eigenvalue weighted by atomic mass is 32.2. The molecule has 1 rings (SSSR count). The predicted molar refractivity (Wildman–Crippen MR) is 58.0 cm³/mol. The zero-order chi connectivity index (χ0) is 14.0. The molecule has 0 radical (unpaired) electrons. The van der Waals surface area contributed by atoms with E-state index >= 15 is 0 Å². The van der Waals surface area contributed by atoms with E-state index in [9.17, 15) is 26.4 Å². The second-order valence-electron chi connectivity index (χ2n) is 4.12. The fourth-order valence-corrected chi connectivity index (χ4v) is 2.95. The monoisotopic (exact) mass is 288 g/mol. The smallest absolute Gasteiger partial charge is 0.299 e. The van der Waals surface area contributed by atoms with Crippen molar-refractivity contribution in [3.05, 3.63) is 0 Å². The van der Waals surface area contributed by atoms with Gasteiger partial charge in [0.25, 0.3) is 10.2 Å². The number of nitrogens with one attached hydrogen (secondary N) is 1. The lowest BCUT2D eigenvalue weighted by Crippen LogP contribution is -2.50. The van der Waals surface area contributed by atoms with Crippen LogP contribution in [0, 0.1) is 5.92 Å². The number of ketones is 1. The van der Waals surface area contributed by atoms with E-state index in [1.54, 1.807) is 6.92 Å². The van der Waals surface area contributed by atoms with Crippen LogP contribution in [0.5, 0.6) is 0 Å². The molecule has 18 heavy (non-hydrogen) atoms. The molecule has 1 saturated heterocycles. The fraction of sp³-hybridized carbons (Fsp3) is 0.889. The van der Waals surface area contributed by atoms with Gasteiger partial charge in [0, 0.05) is 25.4 Å². The van der Waals surface area contributed by atoms with E-state index in [1.807, 2.05) is 0 Å². The maximum Gasteiger partial charge on any atom is 0.402 e. The van der Waals surface area contributed by atoms with Crippen LogP contribution in [0.3, 0.4) is 0 Å². The highest BCUT2D eigenvalue weighted by molar-refractivity contribution is 7.87. The van der Waals surface area contributed by atoms with Gasteiger partial charge in [-0.1, -0.05) is 6.92 Å². The minimum absolute atomic E-state index is 0.0419. The summed E-state index contributed by atoms with van der Waals surface area (Å²) in [5.41, 5.74) is 0. The van der Waals surface area contributed by atoms with E-state index in [2.05, 4.69) is 0 Å². The molecule has 0 spiro atoms. The van der Waals surface area contributed by atoms with Crippen LogP contribution in [0.2, 0.25) is 0 Å². The van der Waals surface area contributed by atoms with Crippen molar-refractivity contribution in [2.45, 2.75) is 25.9 Å². The molecule has 0 aromatic rings. The van der Waals surface area contributed by atoms with Crippen LogP contribution >= 0.6 is 0 Å². The van der Waals surface area contributed by atoms with E-state index < -0.39 is 28.8 Å². The first-order chi connectivity index (χ1) is 8.15. The van der Waals surface area contributed by atoms with Crippen molar-refractivity contribution in [2.24, 2.45) is 5.92 Å². The van der Waals surface area contributed by atoms with Gasteiger partial charge in [-0.2, -0.15) is 30.6 Å². The maximum absolute atomic E-state index is 12.0. The molecule has 0 aromatic heterocycles. The topological polar surface area (TPSA) is 66.5 Å². The van der Waals surface area contributed by atoms with Gasteiger partial charge in [0.05, 0.1) is 0 Å². The molecule has 1 N–H and O–H groups in total.